The zero-order valence-corrected chi connectivity index (χ0v) is 12.3. The van der Waals surface area contributed by atoms with Crippen LogP contribution in [-0.4, -0.2) is 29.4 Å². The van der Waals surface area contributed by atoms with Crippen LogP contribution in [0.5, 0.6) is 0 Å². The molecule has 0 bridgehead atoms. The molecule has 4 heteroatoms. The molecule has 2 rings (SSSR count). The fourth-order valence-electron chi connectivity index (χ4n) is 2.23. The Labute approximate surface area is 119 Å². The summed E-state index contributed by atoms with van der Waals surface area (Å²) in [6, 6.07) is 6.92. The number of benzene rings is 1. The lowest BCUT2D eigenvalue weighted by molar-refractivity contribution is -0.148. The monoisotopic (exact) mass is 275 g/mol. The van der Waals surface area contributed by atoms with Crippen LogP contribution in [0.1, 0.15) is 43.1 Å². The van der Waals surface area contributed by atoms with Gasteiger partial charge in [0.15, 0.2) is 0 Å². The number of esters is 1. The van der Waals surface area contributed by atoms with Crippen molar-refractivity contribution >= 4 is 11.9 Å². The van der Waals surface area contributed by atoms with E-state index in [1.54, 1.807) is 17.9 Å². The molecule has 0 N–H and O–H groups in total. The van der Waals surface area contributed by atoms with Gasteiger partial charge in [-0.25, -0.2) is 4.79 Å². The van der Waals surface area contributed by atoms with E-state index in [0.29, 0.717) is 24.6 Å². The number of fused-ring (bicyclic) bond motifs is 1. The van der Waals surface area contributed by atoms with E-state index in [1.165, 1.54) is 0 Å². The van der Waals surface area contributed by atoms with E-state index in [0.717, 1.165) is 12.0 Å². The van der Waals surface area contributed by atoms with Crippen LogP contribution >= 0.6 is 0 Å². The molecule has 0 aromatic heterocycles. The molecule has 1 amide bonds. The second-order valence-corrected chi connectivity index (χ2v) is 5.62. The standard InChI is InChI=1S/C16H21NO3/c1-11(2)8-9-20-16(19)12(3)17-10-13-6-4-5-7-14(13)15(17)18/h4-7,11-12H,8-10H2,1-3H3. The Morgan fingerprint density at radius 3 is 2.65 bits per heavy atom. The van der Waals surface area contributed by atoms with Crippen molar-refractivity contribution in [3.05, 3.63) is 35.4 Å². The third-order valence-electron chi connectivity index (χ3n) is 3.60. The molecular weight excluding hydrogens is 254 g/mol. The predicted octanol–water partition coefficient (Wildman–Crippen LogP) is 2.62. The zero-order chi connectivity index (χ0) is 14.7. The summed E-state index contributed by atoms with van der Waals surface area (Å²) in [6.07, 6.45) is 0.840. The van der Waals surface area contributed by atoms with Crippen LogP contribution < -0.4 is 0 Å². The number of carbonyl (C=O) groups is 2. The van der Waals surface area contributed by atoms with E-state index >= 15 is 0 Å². The number of carbonyl (C=O) groups excluding carboxylic acids is 2. The summed E-state index contributed by atoms with van der Waals surface area (Å²) < 4.78 is 5.24. The number of ether oxygens (including phenoxy) is 1. The molecule has 0 aliphatic carbocycles. The molecule has 1 aromatic rings. The topological polar surface area (TPSA) is 46.6 Å². The maximum atomic E-state index is 12.2. The molecule has 1 aromatic carbocycles. The van der Waals surface area contributed by atoms with Crippen molar-refractivity contribution in [3.63, 3.8) is 0 Å². The number of hydrogen-bond acceptors (Lipinski definition) is 3. The minimum absolute atomic E-state index is 0.0890. The van der Waals surface area contributed by atoms with E-state index in [2.05, 4.69) is 13.8 Å². The molecule has 1 atom stereocenters. The first kappa shape index (κ1) is 14.6. The normalized spacial score (nSPS) is 15.4. The predicted molar refractivity (Wildman–Crippen MR) is 76.2 cm³/mol. The quantitative estimate of drug-likeness (QED) is 0.776. The van der Waals surface area contributed by atoms with Crippen LogP contribution in [0, 0.1) is 5.92 Å². The Hall–Kier alpha value is -1.84. The molecule has 4 nitrogen and oxygen atoms in total. The van der Waals surface area contributed by atoms with Crippen LogP contribution in [0.25, 0.3) is 0 Å². The molecule has 0 saturated heterocycles. The Morgan fingerprint density at radius 1 is 1.30 bits per heavy atom. The molecule has 1 aliphatic heterocycles. The Balaban J connectivity index is 1.96. The Bertz CT molecular complexity index is 510. The molecule has 1 unspecified atom stereocenters. The van der Waals surface area contributed by atoms with Crippen molar-refractivity contribution in [2.75, 3.05) is 6.61 Å². The molecule has 108 valence electrons. The van der Waals surface area contributed by atoms with Gasteiger partial charge in [-0.3, -0.25) is 4.79 Å². The second kappa shape index (κ2) is 6.07. The molecule has 0 saturated carbocycles. The van der Waals surface area contributed by atoms with E-state index < -0.39 is 6.04 Å². The van der Waals surface area contributed by atoms with E-state index in [4.69, 9.17) is 4.74 Å². The minimum atomic E-state index is -0.540. The van der Waals surface area contributed by atoms with E-state index in [1.807, 2.05) is 18.2 Å². The molecular formula is C16H21NO3. The second-order valence-electron chi connectivity index (χ2n) is 5.62. The van der Waals surface area contributed by atoms with Gasteiger partial charge in [0, 0.05) is 12.1 Å². The number of hydrogen-bond donors (Lipinski definition) is 0. The van der Waals surface area contributed by atoms with Gasteiger partial charge in [0.2, 0.25) is 0 Å². The fraction of sp³-hybridized carbons (Fsp3) is 0.500. The molecule has 0 spiro atoms. The van der Waals surface area contributed by atoms with E-state index in [-0.39, 0.29) is 11.9 Å². The highest BCUT2D eigenvalue weighted by Crippen LogP contribution is 2.24. The van der Waals surface area contributed by atoms with Gasteiger partial charge >= 0.3 is 5.97 Å². The van der Waals surface area contributed by atoms with Crippen molar-refractivity contribution in [2.24, 2.45) is 5.92 Å². The Morgan fingerprint density at radius 2 is 2.00 bits per heavy atom. The van der Waals surface area contributed by atoms with Crippen LogP contribution in [0.2, 0.25) is 0 Å². The molecule has 1 heterocycles. The first-order chi connectivity index (χ1) is 9.50. The highest BCUT2D eigenvalue weighted by atomic mass is 16.5. The smallest absolute Gasteiger partial charge is 0.328 e. The highest BCUT2D eigenvalue weighted by Gasteiger charge is 2.34. The summed E-state index contributed by atoms with van der Waals surface area (Å²) >= 11 is 0. The summed E-state index contributed by atoms with van der Waals surface area (Å²) in [5.41, 5.74) is 1.66. The lowest BCUT2D eigenvalue weighted by Crippen LogP contribution is -2.40. The summed E-state index contributed by atoms with van der Waals surface area (Å²) in [6.45, 7) is 6.78. The van der Waals surface area contributed by atoms with Gasteiger partial charge in [0.1, 0.15) is 6.04 Å². The van der Waals surface area contributed by atoms with Gasteiger partial charge in [0.25, 0.3) is 5.91 Å². The number of rotatable bonds is 5. The van der Waals surface area contributed by atoms with Crippen molar-refractivity contribution in [2.45, 2.75) is 39.8 Å². The molecule has 1 aliphatic rings. The van der Waals surface area contributed by atoms with Crippen molar-refractivity contribution in [1.82, 2.24) is 4.90 Å². The largest absolute Gasteiger partial charge is 0.464 e. The third-order valence-corrected chi connectivity index (χ3v) is 3.60. The SMILES string of the molecule is CC(C)CCOC(=O)C(C)N1Cc2ccccc2C1=O. The van der Waals surface area contributed by atoms with Crippen LogP contribution in [0.15, 0.2) is 24.3 Å². The van der Waals surface area contributed by atoms with Crippen LogP contribution in [-0.2, 0) is 16.1 Å². The Kier molecular flexibility index (Phi) is 4.42. The number of amides is 1. The third kappa shape index (κ3) is 3.00. The van der Waals surface area contributed by atoms with E-state index in [9.17, 15) is 9.59 Å². The maximum absolute atomic E-state index is 12.2. The lowest BCUT2D eigenvalue weighted by atomic mass is 10.1. The van der Waals surface area contributed by atoms with Crippen molar-refractivity contribution < 1.29 is 14.3 Å². The van der Waals surface area contributed by atoms with Crippen molar-refractivity contribution in [1.29, 1.82) is 0 Å². The van der Waals surface area contributed by atoms with Crippen LogP contribution in [0.4, 0.5) is 0 Å². The number of nitrogens with zero attached hydrogens (tertiary/aromatic N) is 1. The van der Waals surface area contributed by atoms with Gasteiger partial charge in [-0.2, -0.15) is 0 Å². The lowest BCUT2D eigenvalue weighted by Gasteiger charge is -2.22. The zero-order valence-electron chi connectivity index (χ0n) is 12.3. The first-order valence-electron chi connectivity index (χ1n) is 7.06. The first-order valence-corrected chi connectivity index (χ1v) is 7.06. The fourth-order valence-corrected chi connectivity index (χ4v) is 2.23. The molecule has 20 heavy (non-hydrogen) atoms. The summed E-state index contributed by atoms with van der Waals surface area (Å²) in [4.78, 5) is 25.8. The maximum Gasteiger partial charge on any atom is 0.328 e. The van der Waals surface area contributed by atoms with Crippen LogP contribution in [0.3, 0.4) is 0 Å². The summed E-state index contributed by atoms with van der Waals surface area (Å²) in [5, 5.41) is 0. The van der Waals surface area contributed by atoms with Gasteiger partial charge in [0.05, 0.1) is 6.61 Å². The molecule has 0 fully saturated rings. The summed E-state index contributed by atoms with van der Waals surface area (Å²) in [7, 11) is 0. The van der Waals surface area contributed by atoms with Gasteiger partial charge < -0.3 is 9.64 Å². The average Bonchev–Trinajstić information content (AvgIpc) is 2.75. The molecule has 0 radical (unpaired) electrons. The van der Waals surface area contributed by atoms with Gasteiger partial charge in [-0.15, -0.1) is 0 Å². The van der Waals surface area contributed by atoms with Crippen molar-refractivity contribution in [3.8, 4) is 0 Å². The van der Waals surface area contributed by atoms with Gasteiger partial charge in [-0.1, -0.05) is 32.0 Å². The average molecular weight is 275 g/mol. The van der Waals surface area contributed by atoms with Gasteiger partial charge in [-0.05, 0) is 30.9 Å². The minimum Gasteiger partial charge on any atom is -0.464 e. The summed E-state index contributed by atoms with van der Waals surface area (Å²) in [5.74, 6) is 0.0801. The highest BCUT2D eigenvalue weighted by molar-refractivity contribution is 6.00.